The molecule has 0 bridgehead atoms. The van der Waals surface area contributed by atoms with Gasteiger partial charge in [0.2, 0.25) is 0 Å². The first-order chi connectivity index (χ1) is 10.1. The van der Waals surface area contributed by atoms with Crippen molar-refractivity contribution in [2.75, 3.05) is 6.61 Å². The Morgan fingerprint density at radius 1 is 1.48 bits per heavy atom. The monoisotopic (exact) mass is 295 g/mol. The predicted molar refractivity (Wildman–Crippen MR) is 68.4 cm³/mol. The van der Waals surface area contributed by atoms with Crippen LogP contribution in [0.2, 0.25) is 0 Å². The van der Waals surface area contributed by atoms with Crippen LogP contribution in [0.4, 0.5) is 0 Å². The third-order valence-electron chi connectivity index (χ3n) is 3.37. The second kappa shape index (κ2) is 5.28. The van der Waals surface area contributed by atoms with Gasteiger partial charge < -0.3 is 19.5 Å². The van der Waals surface area contributed by atoms with E-state index in [4.69, 9.17) is 14.4 Å². The first-order valence-electron chi connectivity index (χ1n) is 6.31. The Labute approximate surface area is 117 Å². The van der Waals surface area contributed by atoms with Gasteiger partial charge in [-0.05, 0) is 0 Å². The lowest BCUT2D eigenvalue weighted by molar-refractivity contribution is -0.0458. The van der Waals surface area contributed by atoms with Crippen LogP contribution in [0.25, 0.3) is 11.3 Å². The van der Waals surface area contributed by atoms with Crippen LogP contribution in [0, 0.1) is 0 Å². The number of aromatic nitrogens is 3. The Hall–Kier alpha value is -2.23. The Morgan fingerprint density at radius 2 is 2.29 bits per heavy atom. The molecule has 21 heavy (non-hydrogen) atoms. The predicted octanol–water partition coefficient (Wildman–Crippen LogP) is -1.17. The van der Waals surface area contributed by atoms with Gasteiger partial charge in [-0.2, -0.15) is 0 Å². The molecule has 0 spiro atoms. The normalized spacial score (nSPS) is 25.3. The molecule has 3 N–H and O–H groups in total. The average Bonchev–Trinajstić information content (AvgIpc) is 3.08. The zero-order valence-corrected chi connectivity index (χ0v) is 10.8. The minimum atomic E-state index is -0.882. The SMILES string of the molecule is O=c1[nH]c(=O)n([C@@H]2C[C@@H](O)[C@H](CO)O2)cc1-c1ccno1. The molecule has 1 aliphatic heterocycles. The summed E-state index contributed by atoms with van der Waals surface area (Å²) >= 11 is 0. The highest BCUT2D eigenvalue weighted by molar-refractivity contribution is 5.53. The van der Waals surface area contributed by atoms with E-state index in [1.807, 2.05) is 0 Å². The number of H-pyrrole nitrogens is 1. The molecule has 0 amide bonds. The molecule has 0 unspecified atom stereocenters. The fraction of sp³-hybridized carbons (Fsp3) is 0.417. The third-order valence-corrected chi connectivity index (χ3v) is 3.37. The van der Waals surface area contributed by atoms with Crippen LogP contribution < -0.4 is 11.2 Å². The van der Waals surface area contributed by atoms with Gasteiger partial charge in [-0.25, -0.2) is 4.79 Å². The second-order valence-electron chi connectivity index (χ2n) is 4.70. The molecule has 0 aliphatic carbocycles. The van der Waals surface area contributed by atoms with Gasteiger partial charge in [0, 0.05) is 18.7 Å². The van der Waals surface area contributed by atoms with Crippen molar-refractivity contribution in [3.05, 3.63) is 39.3 Å². The lowest BCUT2D eigenvalue weighted by atomic mass is 10.2. The quantitative estimate of drug-likeness (QED) is 0.650. The van der Waals surface area contributed by atoms with Gasteiger partial charge >= 0.3 is 5.69 Å². The molecule has 9 heteroatoms. The number of hydrogen-bond acceptors (Lipinski definition) is 7. The maximum atomic E-state index is 11.9. The van der Waals surface area contributed by atoms with Crippen LogP contribution in [0.5, 0.6) is 0 Å². The summed E-state index contributed by atoms with van der Waals surface area (Å²) in [5, 5.41) is 22.3. The second-order valence-corrected chi connectivity index (χ2v) is 4.70. The summed E-state index contributed by atoms with van der Waals surface area (Å²) in [5.41, 5.74) is -1.15. The molecule has 1 aliphatic rings. The zero-order chi connectivity index (χ0) is 15.0. The zero-order valence-electron chi connectivity index (χ0n) is 10.8. The molecule has 3 atom stereocenters. The lowest BCUT2D eigenvalue weighted by Gasteiger charge is -2.14. The van der Waals surface area contributed by atoms with E-state index in [1.165, 1.54) is 18.5 Å². The summed E-state index contributed by atoms with van der Waals surface area (Å²) in [5.74, 6) is 0.210. The van der Waals surface area contributed by atoms with E-state index in [-0.39, 0.29) is 24.4 Å². The fourth-order valence-corrected chi connectivity index (χ4v) is 2.28. The van der Waals surface area contributed by atoms with Crippen LogP contribution in [-0.4, -0.2) is 43.7 Å². The summed E-state index contributed by atoms with van der Waals surface area (Å²) < 4.78 is 11.5. The van der Waals surface area contributed by atoms with E-state index in [1.54, 1.807) is 0 Å². The van der Waals surface area contributed by atoms with Gasteiger partial charge in [0.25, 0.3) is 5.56 Å². The smallest absolute Gasteiger partial charge is 0.330 e. The summed E-state index contributed by atoms with van der Waals surface area (Å²) in [6.07, 6.45) is 0.381. The molecule has 3 heterocycles. The molecule has 2 aromatic rings. The molecule has 3 rings (SSSR count). The van der Waals surface area contributed by atoms with Crippen molar-refractivity contribution in [1.82, 2.24) is 14.7 Å². The van der Waals surface area contributed by atoms with Crippen molar-refractivity contribution in [2.45, 2.75) is 24.9 Å². The molecule has 2 aromatic heterocycles. The van der Waals surface area contributed by atoms with Crippen LogP contribution in [0.1, 0.15) is 12.6 Å². The Kier molecular flexibility index (Phi) is 3.45. The minimum absolute atomic E-state index is 0.123. The van der Waals surface area contributed by atoms with Gasteiger partial charge in [-0.15, -0.1) is 0 Å². The van der Waals surface area contributed by atoms with Gasteiger partial charge in [-0.3, -0.25) is 14.3 Å². The topological polar surface area (TPSA) is 131 Å². The molecule has 0 aromatic carbocycles. The summed E-state index contributed by atoms with van der Waals surface area (Å²) in [6.45, 7) is -0.356. The van der Waals surface area contributed by atoms with E-state index in [9.17, 15) is 14.7 Å². The number of nitrogens with one attached hydrogen (secondary N) is 1. The number of aliphatic hydroxyl groups is 2. The summed E-state index contributed by atoms with van der Waals surface area (Å²) in [4.78, 5) is 25.9. The van der Waals surface area contributed by atoms with Crippen molar-refractivity contribution >= 4 is 0 Å². The van der Waals surface area contributed by atoms with Crippen molar-refractivity contribution < 1.29 is 19.5 Å². The van der Waals surface area contributed by atoms with Crippen LogP contribution in [0.15, 0.2) is 32.6 Å². The number of aliphatic hydroxyl groups excluding tert-OH is 2. The maximum Gasteiger partial charge on any atom is 0.330 e. The van der Waals surface area contributed by atoms with Gasteiger partial charge in [0.05, 0.1) is 18.9 Å². The standard InChI is InChI=1S/C12H13N3O6/c16-5-9-7(17)3-10(20-9)15-4-6(8-1-2-13-21-8)11(18)14-12(15)19/h1-2,4,7,9-10,16-17H,3,5H2,(H,14,18,19)/t7-,9+,10+/m1/s1. The average molecular weight is 295 g/mol. The summed E-state index contributed by atoms with van der Waals surface area (Å²) in [6, 6.07) is 1.49. The summed E-state index contributed by atoms with van der Waals surface area (Å²) in [7, 11) is 0. The molecular weight excluding hydrogens is 282 g/mol. The van der Waals surface area contributed by atoms with Crippen LogP contribution >= 0.6 is 0 Å². The molecule has 0 saturated carbocycles. The van der Waals surface area contributed by atoms with E-state index in [0.717, 1.165) is 4.57 Å². The minimum Gasteiger partial charge on any atom is -0.394 e. The van der Waals surface area contributed by atoms with E-state index >= 15 is 0 Å². The number of hydrogen-bond donors (Lipinski definition) is 3. The highest BCUT2D eigenvalue weighted by atomic mass is 16.5. The van der Waals surface area contributed by atoms with Gasteiger partial charge in [0.1, 0.15) is 17.9 Å². The van der Waals surface area contributed by atoms with Crippen LogP contribution in [-0.2, 0) is 4.74 Å². The van der Waals surface area contributed by atoms with E-state index in [0.29, 0.717) is 0 Å². The van der Waals surface area contributed by atoms with Crippen molar-refractivity contribution in [1.29, 1.82) is 0 Å². The van der Waals surface area contributed by atoms with E-state index < -0.39 is 29.7 Å². The highest BCUT2D eigenvalue weighted by Crippen LogP contribution is 2.27. The number of rotatable bonds is 3. The van der Waals surface area contributed by atoms with Gasteiger partial charge in [0.15, 0.2) is 5.76 Å². The molecule has 9 nitrogen and oxygen atoms in total. The van der Waals surface area contributed by atoms with Crippen molar-refractivity contribution in [2.24, 2.45) is 0 Å². The Morgan fingerprint density at radius 3 is 2.90 bits per heavy atom. The molecular formula is C12H13N3O6. The largest absolute Gasteiger partial charge is 0.394 e. The number of aromatic amines is 1. The lowest BCUT2D eigenvalue weighted by Crippen LogP contribution is -2.33. The highest BCUT2D eigenvalue weighted by Gasteiger charge is 2.35. The Bertz CT molecular complexity index is 734. The first kappa shape index (κ1) is 13.7. The van der Waals surface area contributed by atoms with Gasteiger partial charge in [-0.1, -0.05) is 5.16 Å². The van der Waals surface area contributed by atoms with Crippen molar-refractivity contribution in [3.63, 3.8) is 0 Å². The third kappa shape index (κ3) is 2.42. The molecule has 1 saturated heterocycles. The van der Waals surface area contributed by atoms with Crippen molar-refractivity contribution in [3.8, 4) is 11.3 Å². The molecule has 112 valence electrons. The molecule has 1 fully saturated rings. The number of nitrogens with zero attached hydrogens (tertiary/aromatic N) is 2. The Balaban J connectivity index is 2.02. The number of ether oxygens (including phenoxy) is 1. The van der Waals surface area contributed by atoms with Crippen LogP contribution in [0.3, 0.4) is 0 Å². The first-order valence-corrected chi connectivity index (χ1v) is 6.31. The van der Waals surface area contributed by atoms with E-state index in [2.05, 4.69) is 10.1 Å². The maximum absolute atomic E-state index is 11.9. The molecule has 0 radical (unpaired) electrons. The fourth-order valence-electron chi connectivity index (χ4n) is 2.28.